The average Bonchev–Trinajstić information content (AvgIpc) is 3.11. The molecule has 0 aromatic rings. The van der Waals surface area contributed by atoms with Gasteiger partial charge in [0.2, 0.25) is 0 Å². The van der Waals surface area contributed by atoms with Gasteiger partial charge in [-0.3, -0.25) is 0 Å². The van der Waals surface area contributed by atoms with Crippen molar-refractivity contribution < 1.29 is 9.47 Å². The zero-order chi connectivity index (χ0) is 19.2. The van der Waals surface area contributed by atoms with Gasteiger partial charge in [-0.05, 0) is 69.7 Å². The monoisotopic (exact) mass is 371 g/mol. The molecule has 2 aliphatic carbocycles. The molecule has 4 atom stereocenters. The van der Waals surface area contributed by atoms with Crippen molar-refractivity contribution in [3.8, 4) is 0 Å². The SMILES string of the molecule is COC1=CC2=C(NC3CCNC(C)C3C)C3=C(CCC3)NC2(C)C=C1OC. The molecule has 2 aliphatic heterocycles. The van der Waals surface area contributed by atoms with E-state index in [1.165, 1.54) is 29.0 Å². The van der Waals surface area contributed by atoms with E-state index in [-0.39, 0.29) is 5.54 Å². The molecular weight excluding hydrogens is 338 g/mol. The van der Waals surface area contributed by atoms with Crippen molar-refractivity contribution in [2.75, 3.05) is 20.8 Å². The van der Waals surface area contributed by atoms with E-state index in [1.807, 2.05) is 0 Å². The molecule has 0 saturated carbocycles. The summed E-state index contributed by atoms with van der Waals surface area (Å²) in [6.45, 7) is 7.95. The molecule has 4 aliphatic rings. The highest BCUT2D eigenvalue weighted by Crippen LogP contribution is 2.43. The van der Waals surface area contributed by atoms with Crippen LogP contribution in [0.2, 0.25) is 0 Å². The lowest BCUT2D eigenvalue weighted by Crippen LogP contribution is -2.53. The zero-order valence-electron chi connectivity index (χ0n) is 17.2. The fraction of sp³-hybridized carbons (Fsp3) is 0.636. The Labute approximate surface area is 162 Å². The minimum absolute atomic E-state index is 0.277. The summed E-state index contributed by atoms with van der Waals surface area (Å²) < 4.78 is 11.2. The number of piperidine rings is 1. The van der Waals surface area contributed by atoms with Crippen LogP contribution >= 0.6 is 0 Å². The number of fused-ring (bicyclic) bond motifs is 1. The first-order valence-corrected chi connectivity index (χ1v) is 10.2. The Bertz CT molecular complexity index is 749. The van der Waals surface area contributed by atoms with E-state index >= 15 is 0 Å². The summed E-state index contributed by atoms with van der Waals surface area (Å²) >= 11 is 0. The zero-order valence-corrected chi connectivity index (χ0v) is 17.2. The van der Waals surface area contributed by atoms with Gasteiger partial charge in [-0.15, -0.1) is 0 Å². The molecule has 0 amide bonds. The largest absolute Gasteiger partial charge is 0.493 e. The van der Waals surface area contributed by atoms with Crippen LogP contribution in [-0.4, -0.2) is 38.4 Å². The smallest absolute Gasteiger partial charge is 0.160 e. The van der Waals surface area contributed by atoms with Crippen LogP contribution in [0.1, 0.15) is 46.5 Å². The van der Waals surface area contributed by atoms with Crippen LogP contribution in [0, 0.1) is 5.92 Å². The van der Waals surface area contributed by atoms with Crippen molar-refractivity contribution in [3.63, 3.8) is 0 Å². The second kappa shape index (κ2) is 6.93. The molecule has 0 aromatic carbocycles. The Morgan fingerprint density at radius 3 is 2.67 bits per heavy atom. The van der Waals surface area contributed by atoms with Crippen LogP contribution in [0.3, 0.4) is 0 Å². The molecule has 5 nitrogen and oxygen atoms in total. The molecule has 0 aromatic heterocycles. The molecule has 1 saturated heterocycles. The quantitative estimate of drug-likeness (QED) is 0.709. The van der Waals surface area contributed by atoms with Crippen molar-refractivity contribution in [1.29, 1.82) is 0 Å². The lowest BCUT2D eigenvalue weighted by molar-refractivity contribution is 0.212. The summed E-state index contributed by atoms with van der Waals surface area (Å²) in [5.74, 6) is 2.17. The number of hydrogen-bond acceptors (Lipinski definition) is 5. The second-order valence-electron chi connectivity index (χ2n) is 8.49. The summed E-state index contributed by atoms with van der Waals surface area (Å²) in [6.07, 6.45) is 8.95. The van der Waals surface area contributed by atoms with Gasteiger partial charge in [-0.1, -0.05) is 6.92 Å². The van der Waals surface area contributed by atoms with Crippen LogP contribution in [0.4, 0.5) is 0 Å². The van der Waals surface area contributed by atoms with E-state index in [9.17, 15) is 0 Å². The number of ether oxygens (including phenoxy) is 2. The maximum absolute atomic E-state index is 5.63. The summed E-state index contributed by atoms with van der Waals surface area (Å²) in [6, 6.07) is 1.01. The molecule has 1 fully saturated rings. The fourth-order valence-corrected chi connectivity index (χ4v) is 4.97. The number of hydrogen-bond donors (Lipinski definition) is 3. The van der Waals surface area contributed by atoms with Crippen LogP contribution in [-0.2, 0) is 9.47 Å². The minimum Gasteiger partial charge on any atom is -0.493 e. The average molecular weight is 372 g/mol. The van der Waals surface area contributed by atoms with Crippen LogP contribution < -0.4 is 16.0 Å². The maximum atomic E-state index is 5.63. The normalized spacial score (nSPS) is 35.7. The molecule has 0 bridgehead atoms. The first-order valence-electron chi connectivity index (χ1n) is 10.2. The number of allylic oxidation sites excluding steroid dienone is 2. The lowest BCUT2D eigenvalue weighted by Gasteiger charge is -2.43. The van der Waals surface area contributed by atoms with Gasteiger partial charge >= 0.3 is 0 Å². The minimum atomic E-state index is -0.277. The topological polar surface area (TPSA) is 54.5 Å². The third-order valence-corrected chi connectivity index (χ3v) is 6.81. The Kier molecular flexibility index (Phi) is 4.75. The van der Waals surface area contributed by atoms with Crippen molar-refractivity contribution in [3.05, 3.63) is 46.2 Å². The standard InChI is InChI=1S/C22H33N3O2/c1-13-14(2)23-10-9-17(13)24-21-15-7-6-8-18(15)25-22(3)12-20(27-5)19(26-4)11-16(21)22/h11-14,17,23-25H,6-10H2,1-5H3. The molecule has 0 radical (unpaired) electrons. The molecule has 27 heavy (non-hydrogen) atoms. The number of dihydropyridines is 1. The van der Waals surface area contributed by atoms with Gasteiger partial charge < -0.3 is 25.4 Å². The summed E-state index contributed by atoms with van der Waals surface area (Å²) in [7, 11) is 3.42. The third kappa shape index (κ3) is 3.06. The lowest BCUT2D eigenvalue weighted by atomic mass is 9.79. The fourth-order valence-electron chi connectivity index (χ4n) is 4.97. The van der Waals surface area contributed by atoms with Gasteiger partial charge in [-0.2, -0.15) is 0 Å². The number of rotatable bonds is 4. The second-order valence-corrected chi connectivity index (χ2v) is 8.49. The van der Waals surface area contributed by atoms with Crippen molar-refractivity contribution in [2.24, 2.45) is 5.92 Å². The van der Waals surface area contributed by atoms with Crippen molar-refractivity contribution in [1.82, 2.24) is 16.0 Å². The molecule has 4 rings (SSSR count). The summed E-state index contributed by atoms with van der Waals surface area (Å²) in [4.78, 5) is 0. The Balaban J connectivity index is 1.78. The van der Waals surface area contributed by atoms with E-state index in [2.05, 4.69) is 48.9 Å². The molecule has 5 heteroatoms. The molecule has 3 N–H and O–H groups in total. The van der Waals surface area contributed by atoms with E-state index in [0.717, 1.165) is 37.3 Å². The number of methoxy groups -OCH3 is 2. The first-order chi connectivity index (χ1) is 13.0. The highest BCUT2D eigenvalue weighted by molar-refractivity contribution is 5.58. The predicted molar refractivity (Wildman–Crippen MR) is 108 cm³/mol. The Hall–Kier alpha value is -1.88. The van der Waals surface area contributed by atoms with E-state index < -0.39 is 0 Å². The predicted octanol–water partition coefficient (Wildman–Crippen LogP) is 3.09. The maximum Gasteiger partial charge on any atom is 0.160 e. The Morgan fingerprint density at radius 1 is 1.15 bits per heavy atom. The summed E-state index contributed by atoms with van der Waals surface area (Å²) in [5.41, 5.74) is 5.15. The van der Waals surface area contributed by atoms with Gasteiger partial charge in [0.05, 0.1) is 19.8 Å². The van der Waals surface area contributed by atoms with E-state index in [1.54, 1.807) is 14.2 Å². The van der Waals surface area contributed by atoms with Crippen LogP contribution in [0.25, 0.3) is 0 Å². The molecule has 0 spiro atoms. The first kappa shape index (κ1) is 18.5. The Morgan fingerprint density at radius 2 is 1.93 bits per heavy atom. The van der Waals surface area contributed by atoms with Gasteiger partial charge in [0.25, 0.3) is 0 Å². The van der Waals surface area contributed by atoms with Gasteiger partial charge in [-0.25, -0.2) is 0 Å². The molecule has 148 valence electrons. The highest BCUT2D eigenvalue weighted by atomic mass is 16.5. The van der Waals surface area contributed by atoms with E-state index in [4.69, 9.17) is 9.47 Å². The van der Waals surface area contributed by atoms with Crippen LogP contribution in [0.5, 0.6) is 0 Å². The van der Waals surface area contributed by atoms with Crippen molar-refractivity contribution >= 4 is 0 Å². The highest BCUT2D eigenvalue weighted by Gasteiger charge is 2.41. The van der Waals surface area contributed by atoms with Gasteiger partial charge in [0, 0.05) is 29.1 Å². The molecular formula is C22H33N3O2. The van der Waals surface area contributed by atoms with E-state index in [0.29, 0.717) is 18.0 Å². The molecule has 2 heterocycles. The summed E-state index contributed by atoms with van der Waals surface area (Å²) in [5, 5.41) is 11.4. The number of nitrogens with one attached hydrogen (secondary N) is 3. The van der Waals surface area contributed by atoms with Crippen molar-refractivity contribution in [2.45, 2.75) is 64.1 Å². The van der Waals surface area contributed by atoms with Gasteiger partial charge in [0.15, 0.2) is 11.5 Å². The van der Waals surface area contributed by atoms with Crippen LogP contribution in [0.15, 0.2) is 46.2 Å². The third-order valence-electron chi connectivity index (χ3n) is 6.81. The van der Waals surface area contributed by atoms with Gasteiger partial charge in [0.1, 0.15) is 0 Å². The molecule has 4 unspecified atom stereocenters.